The lowest BCUT2D eigenvalue weighted by Gasteiger charge is -2.37. The fraction of sp³-hybridized carbons (Fsp3) is 0.654. The molecule has 1 aliphatic rings. The molecular formula is C26H41N3O3. The molecule has 2 unspecified atom stereocenters. The highest BCUT2D eigenvalue weighted by Crippen LogP contribution is 2.25. The van der Waals surface area contributed by atoms with E-state index in [1.54, 1.807) is 6.07 Å². The highest BCUT2D eigenvalue weighted by molar-refractivity contribution is 5.98. The van der Waals surface area contributed by atoms with E-state index in [-0.39, 0.29) is 35.1 Å². The van der Waals surface area contributed by atoms with Crippen LogP contribution in [0.3, 0.4) is 0 Å². The first-order valence-corrected chi connectivity index (χ1v) is 11.8. The zero-order chi connectivity index (χ0) is 24.1. The van der Waals surface area contributed by atoms with Crippen molar-refractivity contribution < 1.29 is 14.4 Å². The van der Waals surface area contributed by atoms with Gasteiger partial charge >= 0.3 is 0 Å². The van der Waals surface area contributed by atoms with Gasteiger partial charge in [-0.2, -0.15) is 0 Å². The Morgan fingerprint density at radius 3 is 2.16 bits per heavy atom. The summed E-state index contributed by atoms with van der Waals surface area (Å²) in [5.74, 6) is 0.0678. The number of benzene rings is 1. The van der Waals surface area contributed by atoms with Gasteiger partial charge in [0.1, 0.15) is 6.04 Å². The molecule has 1 aromatic rings. The van der Waals surface area contributed by atoms with Crippen LogP contribution in [0.2, 0.25) is 0 Å². The molecule has 1 aromatic carbocycles. The highest BCUT2D eigenvalue weighted by atomic mass is 16.2. The van der Waals surface area contributed by atoms with Gasteiger partial charge in [-0.15, -0.1) is 0 Å². The minimum atomic E-state index is -0.622. The molecule has 6 nitrogen and oxygen atoms in total. The van der Waals surface area contributed by atoms with Crippen molar-refractivity contribution in [2.24, 2.45) is 17.3 Å². The summed E-state index contributed by atoms with van der Waals surface area (Å²) in [6.45, 7) is 15.4. The monoisotopic (exact) mass is 443 g/mol. The van der Waals surface area contributed by atoms with E-state index >= 15 is 0 Å². The van der Waals surface area contributed by atoms with Crippen LogP contribution in [0, 0.1) is 24.2 Å². The first-order chi connectivity index (χ1) is 14.9. The fourth-order valence-electron chi connectivity index (χ4n) is 3.97. The summed E-state index contributed by atoms with van der Waals surface area (Å²) in [6.07, 6.45) is 1.90. The maximum absolute atomic E-state index is 13.2. The van der Waals surface area contributed by atoms with E-state index in [4.69, 9.17) is 0 Å². The molecule has 2 atom stereocenters. The molecular weight excluding hydrogens is 402 g/mol. The summed E-state index contributed by atoms with van der Waals surface area (Å²) in [7, 11) is 0. The molecule has 0 radical (unpaired) electrons. The van der Waals surface area contributed by atoms with Crippen molar-refractivity contribution in [1.29, 1.82) is 0 Å². The topological polar surface area (TPSA) is 78.5 Å². The lowest BCUT2D eigenvalue weighted by molar-refractivity contribution is -0.134. The number of nitrogens with zero attached hydrogens (tertiary/aromatic N) is 1. The largest absolute Gasteiger partial charge is 0.352 e. The van der Waals surface area contributed by atoms with Gasteiger partial charge in [-0.25, -0.2) is 0 Å². The predicted molar refractivity (Wildman–Crippen MR) is 128 cm³/mol. The van der Waals surface area contributed by atoms with Crippen LogP contribution in [0.15, 0.2) is 24.3 Å². The van der Waals surface area contributed by atoms with E-state index in [0.29, 0.717) is 43.8 Å². The van der Waals surface area contributed by atoms with Gasteiger partial charge in [-0.05, 0) is 55.6 Å². The van der Waals surface area contributed by atoms with Crippen molar-refractivity contribution in [2.45, 2.75) is 79.8 Å². The summed E-state index contributed by atoms with van der Waals surface area (Å²) in [6, 6.07) is 6.79. The summed E-state index contributed by atoms with van der Waals surface area (Å²) in [4.78, 5) is 40.7. The molecule has 2 N–H and O–H groups in total. The average Bonchev–Trinajstić information content (AvgIpc) is 2.70. The number of nitrogens with one attached hydrogen (secondary N) is 2. The number of amides is 3. The van der Waals surface area contributed by atoms with Crippen molar-refractivity contribution in [3.8, 4) is 0 Å². The van der Waals surface area contributed by atoms with Gasteiger partial charge in [0.15, 0.2) is 0 Å². The smallest absolute Gasteiger partial charge is 0.252 e. The predicted octanol–water partition coefficient (Wildman–Crippen LogP) is 3.93. The lowest BCUT2D eigenvalue weighted by Crippen LogP contribution is -2.55. The maximum Gasteiger partial charge on any atom is 0.252 e. The molecule has 0 bridgehead atoms. The Bertz CT molecular complexity index is 805. The fourth-order valence-corrected chi connectivity index (χ4v) is 3.97. The van der Waals surface area contributed by atoms with E-state index in [1.165, 1.54) is 0 Å². The second-order valence-electron chi connectivity index (χ2n) is 10.8. The van der Waals surface area contributed by atoms with Crippen LogP contribution in [0.5, 0.6) is 0 Å². The van der Waals surface area contributed by atoms with Gasteiger partial charge in [0.2, 0.25) is 11.8 Å². The van der Waals surface area contributed by atoms with Crippen LogP contribution in [-0.2, 0) is 9.59 Å². The molecule has 0 saturated carbocycles. The molecule has 0 aromatic heterocycles. The summed E-state index contributed by atoms with van der Waals surface area (Å²) >= 11 is 0. The molecule has 178 valence electrons. The van der Waals surface area contributed by atoms with Gasteiger partial charge in [0.05, 0.1) is 0 Å². The first kappa shape index (κ1) is 25.9. The Morgan fingerprint density at radius 1 is 1.03 bits per heavy atom. The van der Waals surface area contributed by atoms with Crippen molar-refractivity contribution in [2.75, 3.05) is 13.1 Å². The van der Waals surface area contributed by atoms with Crippen LogP contribution in [0.1, 0.15) is 76.7 Å². The van der Waals surface area contributed by atoms with Crippen molar-refractivity contribution in [1.82, 2.24) is 15.5 Å². The van der Waals surface area contributed by atoms with Crippen LogP contribution in [-0.4, -0.2) is 47.8 Å². The average molecular weight is 444 g/mol. The number of likely N-dealkylation sites (tertiary alicyclic amines) is 1. The summed E-state index contributed by atoms with van der Waals surface area (Å²) < 4.78 is 0. The number of carbonyl (C=O) groups is 3. The molecule has 1 aliphatic heterocycles. The molecule has 2 rings (SSSR count). The number of hydrogen-bond acceptors (Lipinski definition) is 3. The minimum Gasteiger partial charge on any atom is -0.352 e. The molecule has 1 saturated heterocycles. The Kier molecular flexibility index (Phi) is 8.88. The standard InChI is InChI=1S/C26H41N3O3/c1-17(2)19(4)27-25(32)23(28-24(31)21-11-9-8-10-18(21)3)20-12-14-29(15-13-20)22(30)16-26(5,6)7/h8-11,17,19-20,23H,12-16H2,1-7H3,(H,27,32)(H,28,31). The van der Waals surface area contributed by atoms with Gasteiger partial charge in [-0.3, -0.25) is 14.4 Å². The molecule has 0 spiro atoms. The van der Waals surface area contributed by atoms with E-state index < -0.39 is 6.04 Å². The summed E-state index contributed by atoms with van der Waals surface area (Å²) in [5, 5.41) is 6.09. The van der Waals surface area contributed by atoms with Crippen LogP contribution in [0.25, 0.3) is 0 Å². The number of hydrogen-bond donors (Lipinski definition) is 2. The molecule has 32 heavy (non-hydrogen) atoms. The Hall–Kier alpha value is -2.37. The van der Waals surface area contributed by atoms with Crippen LogP contribution < -0.4 is 10.6 Å². The van der Waals surface area contributed by atoms with Crippen molar-refractivity contribution in [3.05, 3.63) is 35.4 Å². The molecule has 0 aliphatic carbocycles. The van der Waals surface area contributed by atoms with E-state index in [9.17, 15) is 14.4 Å². The third-order valence-corrected chi connectivity index (χ3v) is 6.37. The normalized spacial score (nSPS) is 17.1. The second kappa shape index (κ2) is 11.0. The van der Waals surface area contributed by atoms with Crippen LogP contribution in [0.4, 0.5) is 0 Å². The first-order valence-electron chi connectivity index (χ1n) is 11.8. The van der Waals surface area contributed by atoms with E-state index in [0.717, 1.165) is 5.56 Å². The Balaban J connectivity index is 2.13. The van der Waals surface area contributed by atoms with Crippen molar-refractivity contribution >= 4 is 17.7 Å². The SMILES string of the molecule is Cc1ccccc1C(=O)NC(C(=O)NC(C)C(C)C)C1CCN(C(=O)CC(C)(C)C)CC1. The zero-order valence-corrected chi connectivity index (χ0v) is 20.8. The van der Waals surface area contributed by atoms with E-state index in [1.807, 2.05) is 36.9 Å². The van der Waals surface area contributed by atoms with Gasteiger partial charge in [-0.1, -0.05) is 52.8 Å². The molecule has 1 fully saturated rings. The number of aryl methyl sites for hydroxylation is 1. The summed E-state index contributed by atoms with van der Waals surface area (Å²) in [5.41, 5.74) is 1.41. The highest BCUT2D eigenvalue weighted by Gasteiger charge is 2.35. The number of piperidine rings is 1. The maximum atomic E-state index is 13.2. The second-order valence-corrected chi connectivity index (χ2v) is 10.8. The lowest BCUT2D eigenvalue weighted by atomic mass is 9.86. The van der Waals surface area contributed by atoms with Gasteiger partial charge in [0, 0.05) is 31.1 Å². The van der Waals surface area contributed by atoms with Gasteiger partial charge < -0.3 is 15.5 Å². The number of carbonyl (C=O) groups excluding carboxylic acids is 3. The van der Waals surface area contributed by atoms with Crippen LogP contribution >= 0.6 is 0 Å². The minimum absolute atomic E-state index is 0.00816. The quantitative estimate of drug-likeness (QED) is 0.670. The Morgan fingerprint density at radius 2 is 1.62 bits per heavy atom. The third-order valence-electron chi connectivity index (χ3n) is 6.37. The van der Waals surface area contributed by atoms with Gasteiger partial charge in [0.25, 0.3) is 5.91 Å². The molecule has 3 amide bonds. The molecule has 6 heteroatoms. The Labute approximate surface area is 193 Å². The zero-order valence-electron chi connectivity index (χ0n) is 20.8. The van der Waals surface area contributed by atoms with E-state index in [2.05, 4.69) is 45.3 Å². The molecule has 1 heterocycles. The third kappa shape index (κ3) is 7.35. The van der Waals surface area contributed by atoms with Crippen molar-refractivity contribution in [3.63, 3.8) is 0 Å². The number of rotatable bonds is 7.